The third-order valence-corrected chi connectivity index (χ3v) is 1.64. The van der Waals surface area contributed by atoms with Crippen LogP contribution in [0, 0.1) is 6.92 Å². The summed E-state index contributed by atoms with van der Waals surface area (Å²) >= 11 is 5.66. The third kappa shape index (κ3) is 1.91. The number of nitrogens with zero attached hydrogens (tertiary/aromatic N) is 2. The van der Waals surface area contributed by atoms with Crippen LogP contribution in [-0.2, 0) is 0 Å². The van der Waals surface area contributed by atoms with Crippen molar-refractivity contribution in [3.05, 3.63) is 28.5 Å². The van der Waals surface area contributed by atoms with Gasteiger partial charge in [0, 0.05) is 11.8 Å². The number of aryl methyl sites for hydroxylation is 1. The average molecular weight is 171 g/mol. The summed E-state index contributed by atoms with van der Waals surface area (Å²) < 4.78 is 0. The third-order valence-electron chi connectivity index (χ3n) is 1.24. The molecule has 0 saturated heterocycles. The van der Waals surface area contributed by atoms with E-state index in [1.165, 1.54) is 12.4 Å². The quantitative estimate of drug-likeness (QED) is 0.303. The lowest BCUT2D eigenvalue weighted by molar-refractivity contribution is 0.322. The van der Waals surface area contributed by atoms with E-state index in [1.54, 1.807) is 6.07 Å². The molecule has 0 aromatic carbocycles. The standard InChI is InChI=1S/C7H7ClN2O/c1-5-2-6(4-10-11)3-9-7(5)8/h2-4,11H,1H3/b10-4-. The van der Waals surface area contributed by atoms with Crippen LogP contribution in [0.25, 0.3) is 0 Å². The van der Waals surface area contributed by atoms with E-state index in [1.807, 2.05) is 6.92 Å². The van der Waals surface area contributed by atoms with E-state index >= 15 is 0 Å². The first kappa shape index (κ1) is 8.01. The van der Waals surface area contributed by atoms with Crippen LogP contribution in [0.1, 0.15) is 11.1 Å². The minimum atomic E-state index is 0.472. The number of hydrogen-bond acceptors (Lipinski definition) is 3. The number of oxime groups is 1. The number of pyridine rings is 1. The molecule has 1 heterocycles. The zero-order valence-electron chi connectivity index (χ0n) is 5.95. The van der Waals surface area contributed by atoms with E-state index in [0.717, 1.165) is 11.1 Å². The molecule has 0 radical (unpaired) electrons. The maximum absolute atomic E-state index is 8.19. The van der Waals surface area contributed by atoms with Gasteiger partial charge in [0.15, 0.2) is 0 Å². The predicted octanol–water partition coefficient (Wildman–Crippen LogP) is 1.85. The van der Waals surface area contributed by atoms with Crippen LogP contribution in [0.5, 0.6) is 0 Å². The van der Waals surface area contributed by atoms with Gasteiger partial charge in [0.05, 0.1) is 6.21 Å². The topological polar surface area (TPSA) is 45.5 Å². The Morgan fingerprint density at radius 1 is 1.73 bits per heavy atom. The minimum Gasteiger partial charge on any atom is -0.411 e. The first-order chi connectivity index (χ1) is 5.24. The molecule has 1 aromatic heterocycles. The van der Waals surface area contributed by atoms with Gasteiger partial charge < -0.3 is 5.21 Å². The Morgan fingerprint density at radius 2 is 2.45 bits per heavy atom. The van der Waals surface area contributed by atoms with Gasteiger partial charge in [-0.15, -0.1) is 0 Å². The molecule has 3 nitrogen and oxygen atoms in total. The summed E-state index contributed by atoms with van der Waals surface area (Å²) in [6, 6.07) is 1.79. The molecular formula is C7H7ClN2O. The molecule has 11 heavy (non-hydrogen) atoms. The molecule has 0 saturated carbocycles. The Balaban J connectivity index is 3.05. The highest BCUT2D eigenvalue weighted by molar-refractivity contribution is 6.30. The van der Waals surface area contributed by atoms with Gasteiger partial charge >= 0.3 is 0 Å². The van der Waals surface area contributed by atoms with Crippen molar-refractivity contribution in [2.45, 2.75) is 6.92 Å². The molecule has 0 bridgehead atoms. The molecule has 58 valence electrons. The van der Waals surface area contributed by atoms with Gasteiger partial charge in [-0.05, 0) is 18.6 Å². The summed E-state index contributed by atoms with van der Waals surface area (Å²) in [6.45, 7) is 1.84. The Hall–Kier alpha value is -1.09. The zero-order valence-corrected chi connectivity index (χ0v) is 6.71. The van der Waals surface area contributed by atoms with Crippen LogP contribution in [0.15, 0.2) is 17.4 Å². The smallest absolute Gasteiger partial charge is 0.131 e. The molecule has 0 aliphatic rings. The van der Waals surface area contributed by atoms with Gasteiger partial charge in [-0.1, -0.05) is 16.8 Å². The SMILES string of the molecule is Cc1cc(/C=N\O)cnc1Cl. The fraction of sp³-hybridized carbons (Fsp3) is 0.143. The molecule has 0 fully saturated rings. The average Bonchev–Trinajstić information content (AvgIpc) is 1.98. The minimum absolute atomic E-state index is 0.472. The Morgan fingerprint density at radius 3 is 3.00 bits per heavy atom. The van der Waals surface area contributed by atoms with Crippen LogP contribution >= 0.6 is 11.6 Å². The van der Waals surface area contributed by atoms with E-state index in [0.29, 0.717) is 5.15 Å². The number of rotatable bonds is 1. The second-order valence-electron chi connectivity index (χ2n) is 2.12. The number of halogens is 1. The summed E-state index contributed by atoms with van der Waals surface area (Å²) in [5, 5.41) is 11.5. The lowest BCUT2D eigenvalue weighted by atomic mass is 10.2. The van der Waals surface area contributed by atoms with Crippen molar-refractivity contribution in [3.8, 4) is 0 Å². The summed E-state index contributed by atoms with van der Waals surface area (Å²) in [5.74, 6) is 0. The van der Waals surface area contributed by atoms with Crippen molar-refractivity contribution in [2.24, 2.45) is 5.16 Å². The highest BCUT2D eigenvalue weighted by Crippen LogP contribution is 2.11. The molecule has 0 spiro atoms. The van der Waals surface area contributed by atoms with Gasteiger partial charge in [0.2, 0.25) is 0 Å². The molecule has 0 aliphatic heterocycles. The van der Waals surface area contributed by atoms with E-state index in [9.17, 15) is 0 Å². The van der Waals surface area contributed by atoms with Crippen LogP contribution in [0.4, 0.5) is 0 Å². The van der Waals surface area contributed by atoms with Crippen LogP contribution in [0.3, 0.4) is 0 Å². The van der Waals surface area contributed by atoms with Crippen molar-refractivity contribution in [2.75, 3.05) is 0 Å². The first-order valence-corrected chi connectivity index (χ1v) is 3.41. The second-order valence-corrected chi connectivity index (χ2v) is 2.48. The van der Waals surface area contributed by atoms with E-state index in [-0.39, 0.29) is 0 Å². The van der Waals surface area contributed by atoms with Gasteiger partial charge in [0.1, 0.15) is 5.15 Å². The molecule has 0 atom stereocenters. The zero-order chi connectivity index (χ0) is 8.27. The summed E-state index contributed by atoms with van der Waals surface area (Å²) in [4.78, 5) is 3.86. The monoisotopic (exact) mass is 170 g/mol. The Kier molecular flexibility index (Phi) is 2.44. The van der Waals surface area contributed by atoms with Gasteiger partial charge in [-0.25, -0.2) is 4.98 Å². The van der Waals surface area contributed by atoms with Gasteiger partial charge in [0.25, 0.3) is 0 Å². The van der Waals surface area contributed by atoms with Crippen LogP contribution < -0.4 is 0 Å². The van der Waals surface area contributed by atoms with Crippen molar-refractivity contribution < 1.29 is 5.21 Å². The molecule has 1 N–H and O–H groups in total. The van der Waals surface area contributed by atoms with Crippen LogP contribution in [-0.4, -0.2) is 16.4 Å². The highest BCUT2D eigenvalue weighted by Gasteiger charge is 1.95. The molecule has 1 rings (SSSR count). The molecule has 1 aromatic rings. The van der Waals surface area contributed by atoms with Crippen LogP contribution in [0.2, 0.25) is 5.15 Å². The van der Waals surface area contributed by atoms with Crippen molar-refractivity contribution in [1.82, 2.24) is 4.98 Å². The maximum Gasteiger partial charge on any atom is 0.131 e. The largest absolute Gasteiger partial charge is 0.411 e. The van der Waals surface area contributed by atoms with E-state index in [4.69, 9.17) is 16.8 Å². The molecule has 0 amide bonds. The van der Waals surface area contributed by atoms with Gasteiger partial charge in [-0.3, -0.25) is 0 Å². The molecule has 0 unspecified atom stereocenters. The highest BCUT2D eigenvalue weighted by atomic mass is 35.5. The second kappa shape index (κ2) is 3.34. The maximum atomic E-state index is 8.19. The summed E-state index contributed by atoms with van der Waals surface area (Å²) in [6.07, 6.45) is 2.84. The fourth-order valence-corrected chi connectivity index (χ4v) is 0.820. The van der Waals surface area contributed by atoms with Crippen molar-refractivity contribution >= 4 is 17.8 Å². The van der Waals surface area contributed by atoms with Crippen molar-refractivity contribution in [3.63, 3.8) is 0 Å². The number of aromatic nitrogens is 1. The Bertz CT molecular complexity index is 286. The number of hydrogen-bond donors (Lipinski definition) is 1. The summed E-state index contributed by atoms with van der Waals surface area (Å²) in [7, 11) is 0. The lowest BCUT2D eigenvalue weighted by Crippen LogP contribution is -1.86. The summed E-state index contributed by atoms with van der Waals surface area (Å²) in [5.41, 5.74) is 1.60. The van der Waals surface area contributed by atoms with Crippen molar-refractivity contribution in [1.29, 1.82) is 0 Å². The normalized spacial score (nSPS) is 10.7. The molecule has 0 aliphatic carbocycles. The molecule has 4 heteroatoms. The fourth-order valence-electron chi connectivity index (χ4n) is 0.717. The lowest BCUT2D eigenvalue weighted by Gasteiger charge is -1.95. The first-order valence-electron chi connectivity index (χ1n) is 3.03. The predicted molar refractivity (Wildman–Crippen MR) is 43.4 cm³/mol. The Labute approximate surface area is 69.3 Å². The van der Waals surface area contributed by atoms with E-state index in [2.05, 4.69) is 10.1 Å². The van der Waals surface area contributed by atoms with Gasteiger partial charge in [-0.2, -0.15) is 0 Å². The van der Waals surface area contributed by atoms with E-state index < -0.39 is 0 Å². The molecular weight excluding hydrogens is 164 g/mol.